The SMILES string of the molecule is CC(=O)CN[C@@H](CC(=O)O)C(=O)N[C@H](C(=O)N[C@@H](CC(N)=O)C(=O)CN[C@H](C(=O)N[C@@H](CC(C)C)C(=O)N[C@@H](CC(C)C)C(=O)N[C@@H](Cc1ccccc1)C(=O)N[C@@]1(C)CCCC=CCCC[C@@](C)(C(=O)N[C@@H](CCC(N)=O)C(N)=O)NC(=O)C(C)NC(=O)[C@H](C(C)C)NC(=O)[C@H](CCCCN)NC1=O)[C@@H](C)O)C(C)C. The van der Waals surface area contributed by atoms with E-state index in [0.717, 1.165) is 0 Å². The van der Waals surface area contributed by atoms with Crippen molar-refractivity contribution in [3.05, 3.63) is 48.0 Å². The highest BCUT2D eigenvalue weighted by Crippen LogP contribution is 2.22. The molecule has 0 aliphatic carbocycles. The van der Waals surface area contributed by atoms with E-state index in [-0.39, 0.29) is 89.1 Å². The summed E-state index contributed by atoms with van der Waals surface area (Å²) in [6.45, 7) is 19.0. The van der Waals surface area contributed by atoms with Crippen LogP contribution < -0.4 is 92.1 Å². The van der Waals surface area contributed by atoms with Gasteiger partial charge in [-0.2, -0.15) is 0 Å². The normalized spacial score (nSPS) is 20.7. The fraction of sp³-hybridized carbons (Fsp3) is 0.667. The summed E-state index contributed by atoms with van der Waals surface area (Å²) in [7, 11) is 0. The smallest absolute Gasteiger partial charge is 0.305 e. The molecule has 0 aromatic heterocycles. The molecule has 0 radical (unpaired) electrons. The number of ketones is 2. The van der Waals surface area contributed by atoms with E-state index in [1.165, 1.54) is 48.5 Å². The second kappa shape index (κ2) is 48.1. The van der Waals surface area contributed by atoms with Crippen LogP contribution in [0.25, 0.3) is 0 Å². The van der Waals surface area contributed by atoms with E-state index in [2.05, 4.69) is 69.1 Å². The molecule has 0 fully saturated rings. The highest BCUT2D eigenvalue weighted by Gasteiger charge is 2.43. The van der Waals surface area contributed by atoms with Crippen molar-refractivity contribution in [2.75, 3.05) is 19.6 Å². The van der Waals surface area contributed by atoms with E-state index < -0.39 is 215 Å². The molecule has 1 heterocycles. The van der Waals surface area contributed by atoms with Gasteiger partial charge in [0.2, 0.25) is 82.7 Å². The van der Waals surface area contributed by atoms with E-state index in [1.807, 2.05) is 0 Å². The minimum absolute atomic E-state index is 0.00364. The molecule has 1 aromatic rings. The monoisotopic (exact) mass is 1570 g/mol. The van der Waals surface area contributed by atoms with Crippen LogP contribution in [0.4, 0.5) is 0 Å². The largest absolute Gasteiger partial charge is 0.481 e. The van der Waals surface area contributed by atoms with Crippen molar-refractivity contribution in [3.8, 4) is 0 Å². The van der Waals surface area contributed by atoms with E-state index in [0.29, 0.717) is 31.2 Å². The number of rotatable bonds is 42. The molecule has 0 saturated heterocycles. The van der Waals surface area contributed by atoms with Crippen molar-refractivity contribution in [1.82, 2.24) is 69.1 Å². The number of hydrogen-bond acceptors (Lipinski definition) is 21. The molecule has 2 rings (SSSR count). The number of Topliss-reactive ketones (excluding diaryl/α,β-unsaturated/α-hetero) is 2. The summed E-state index contributed by atoms with van der Waals surface area (Å²) >= 11 is 0. The molecule has 1 aliphatic rings. The molecule has 1 unspecified atom stereocenters. The van der Waals surface area contributed by atoms with Crippen molar-refractivity contribution in [2.24, 2.45) is 46.6 Å². The summed E-state index contributed by atoms with van der Waals surface area (Å²) in [6, 6.07) is -7.31. The lowest BCUT2D eigenvalue weighted by atomic mass is 9.91. The van der Waals surface area contributed by atoms with Crippen molar-refractivity contribution in [3.63, 3.8) is 0 Å². The molecule has 0 saturated carbocycles. The van der Waals surface area contributed by atoms with Crippen molar-refractivity contribution < 1.29 is 91.7 Å². The lowest BCUT2D eigenvalue weighted by Gasteiger charge is -2.34. The molecule has 36 heteroatoms. The zero-order valence-electron chi connectivity index (χ0n) is 66.4. The molecular weight excluding hydrogens is 1440 g/mol. The van der Waals surface area contributed by atoms with Gasteiger partial charge in [-0.25, -0.2) is 0 Å². The number of unbranched alkanes of at least 4 members (excludes halogenated alkanes) is 1. The number of carbonyl (C=O) groups excluding carboxylic acids is 16. The number of primary amides is 3. The van der Waals surface area contributed by atoms with E-state index in [9.17, 15) is 82.1 Å². The summed E-state index contributed by atoms with van der Waals surface area (Å²) in [4.78, 5) is 232. The van der Waals surface area contributed by atoms with Crippen LogP contribution in [-0.4, -0.2) is 214 Å². The van der Waals surface area contributed by atoms with Crippen LogP contribution in [0, 0.1) is 23.7 Å². The maximum absolute atomic E-state index is 15.2. The molecule has 111 heavy (non-hydrogen) atoms. The third kappa shape index (κ3) is 35.4. The zero-order valence-corrected chi connectivity index (χ0v) is 66.4. The highest BCUT2D eigenvalue weighted by atomic mass is 16.4. The zero-order chi connectivity index (χ0) is 84.2. The Balaban J connectivity index is 2.66. The molecule has 23 N–H and O–H groups in total. The van der Waals surface area contributed by atoms with Gasteiger partial charge in [0.1, 0.15) is 71.2 Å². The third-order valence-electron chi connectivity index (χ3n) is 18.5. The van der Waals surface area contributed by atoms with Crippen LogP contribution in [0.15, 0.2) is 42.5 Å². The summed E-state index contributed by atoms with van der Waals surface area (Å²) < 4.78 is 0. The number of aliphatic carboxylic acids is 1. The first-order valence-electron chi connectivity index (χ1n) is 37.9. The maximum atomic E-state index is 15.2. The van der Waals surface area contributed by atoms with Crippen molar-refractivity contribution in [2.45, 2.75) is 276 Å². The first-order chi connectivity index (χ1) is 51.8. The average Bonchev–Trinajstić information content (AvgIpc) is 0.969. The van der Waals surface area contributed by atoms with Crippen molar-refractivity contribution >= 4 is 100 Å². The van der Waals surface area contributed by atoms with Gasteiger partial charge in [-0.05, 0) is 147 Å². The van der Waals surface area contributed by atoms with E-state index in [1.54, 1.807) is 84.0 Å². The van der Waals surface area contributed by atoms with Crippen molar-refractivity contribution in [1.29, 1.82) is 0 Å². The van der Waals surface area contributed by atoms with Gasteiger partial charge in [0.05, 0.1) is 44.1 Å². The number of aliphatic hydroxyl groups excluding tert-OH is 1. The lowest BCUT2D eigenvalue weighted by molar-refractivity contribution is -0.140. The number of hydrogen-bond donors (Lipinski definition) is 19. The summed E-state index contributed by atoms with van der Waals surface area (Å²) in [6.07, 6.45) is 1.48. The minimum atomic E-state index is -1.87. The van der Waals surface area contributed by atoms with Gasteiger partial charge in [0.15, 0.2) is 5.78 Å². The summed E-state index contributed by atoms with van der Waals surface area (Å²) in [5.74, 6) is -17.0. The number of benzene rings is 1. The average molecular weight is 1570 g/mol. The lowest BCUT2D eigenvalue weighted by Crippen LogP contribution is -2.65. The van der Waals surface area contributed by atoms with Gasteiger partial charge in [0, 0.05) is 12.8 Å². The van der Waals surface area contributed by atoms with Gasteiger partial charge in [-0.15, -0.1) is 0 Å². The van der Waals surface area contributed by atoms with Gasteiger partial charge < -0.3 is 91.6 Å². The first kappa shape index (κ1) is 97.3. The number of nitrogens with two attached hydrogens (primary N) is 4. The Kier molecular flexibility index (Phi) is 42.1. The minimum Gasteiger partial charge on any atom is -0.481 e. The number of carboxylic acids is 1. The number of amides is 14. The Morgan fingerprint density at radius 2 is 1.14 bits per heavy atom. The second-order valence-electron chi connectivity index (χ2n) is 30.5. The maximum Gasteiger partial charge on any atom is 0.305 e. The van der Waals surface area contributed by atoms with Gasteiger partial charge >= 0.3 is 5.97 Å². The van der Waals surface area contributed by atoms with Gasteiger partial charge in [0.25, 0.3) is 0 Å². The predicted octanol–water partition coefficient (Wildman–Crippen LogP) is -2.64. The Morgan fingerprint density at radius 3 is 1.65 bits per heavy atom. The topological polar surface area (TPSA) is 591 Å². The third-order valence-corrected chi connectivity index (χ3v) is 18.5. The molecule has 622 valence electrons. The van der Waals surface area contributed by atoms with E-state index >= 15 is 9.59 Å². The van der Waals surface area contributed by atoms with Crippen LogP contribution in [0.1, 0.15) is 192 Å². The predicted molar refractivity (Wildman–Crippen MR) is 409 cm³/mol. The number of allylic oxidation sites excluding steroid dienone is 2. The van der Waals surface area contributed by atoms with Gasteiger partial charge in [-0.3, -0.25) is 92.1 Å². The molecule has 0 spiro atoms. The highest BCUT2D eigenvalue weighted by molar-refractivity contribution is 6.01. The van der Waals surface area contributed by atoms with Crippen LogP contribution in [0.2, 0.25) is 0 Å². The number of carbonyl (C=O) groups is 17. The van der Waals surface area contributed by atoms with Crippen LogP contribution >= 0.6 is 0 Å². The van der Waals surface area contributed by atoms with E-state index in [4.69, 9.17) is 22.9 Å². The summed E-state index contributed by atoms with van der Waals surface area (Å²) in [5.41, 5.74) is 19.2. The molecule has 0 bridgehead atoms. The summed E-state index contributed by atoms with van der Waals surface area (Å²) in [5, 5.41) is 54.8. The molecule has 14 atom stereocenters. The molecular formula is C75H123N17O19. The molecule has 1 aromatic carbocycles. The molecule has 14 amide bonds. The quantitative estimate of drug-likeness (QED) is 0.0235. The fourth-order valence-electron chi connectivity index (χ4n) is 12.0. The fourth-order valence-corrected chi connectivity index (χ4v) is 12.0. The van der Waals surface area contributed by atoms with Crippen LogP contribution in [0.3, 0.4) is 0 Å². The first-order valence-corrected chi connectivity index (χ1v) is 37.9. The Bertz CT molecular complexity index is 3410. The number of carboxylic acid groups (broad SMARTS) is 1. The standard InChI is InChI=1S/C75H123N17O19/c1-40(2)33-52(84-67(105)53(34-41(3)4)86-71(109)61(46(11)94)81-39-55(95)50(36-57(78)97)83-70(108)60(43(7)8)90-65(103)51(37-58(98)99)80-38-44(9)93)66(104)85-54(35-47-25-19-18-20-26-47)68(106)92-75(13)31-23-17-15-14-16-22-30-74(12,72(110)87-48(62(79)100)28-29-56(77)96)91-63(101)45(10)82-69(107)59(42(5)6)89-64(102)49(88-73(75)111)27-21-24-32-76/h14-15,18-20,25-26,40-43,45-46,48-54,59-61,80-81,94H,16-17,21-24,27-39,76H2,1-13H3,(H2,77,96)(H2,78,97)(H2,79,100)(H,82,107)(H,83,108)(H,84,105)(H,85,104)(H,86,109)(H,87,110)(H,88,111)(H,89,102)(H,90,103)(H,91,101)(H,92,106)(H,98,99)/t45?,46-,48+,49+,50+,51+,52+,53+,54+,59+,60+,61+,74+,75+/m1/s1. The van der Waals surface area contributed by atoms with Gasteiger partial charge in [-0.1, -0.05) is 97.9 Å². The van der Waals surface area contributed by atoms with Crippen LogP contribution in [-0.2, 0) is 87.9 Å². The second-order valence-corrected chi connectivity index (χ2v) is 30.5. The Hall–Kier alpha value is -9.81. The molecule has 1 aliphatic heterocycles. The number of aliphatic hydroxyl groups is 1. The van der Waals surface area contributed by atoms with Crippen LogP contribution in [0.5, 0.6) is 0 Å². The Labute approximate surface area is 649 Å². The number of nitrogens with one attached hydrogen (secondary N) is 13. The molecule has 36 nitrogen and oxygen atoms in total. The Morgan fingerprint density at radius 1 is 0.586 bits per heavy atom.